The first-order valence-electron chi connectivity index (χ1n) is 7.32. The van der Waals surface area contributed by atoms with Crippen molar-refractivity contribution >= 4 is 10.8 Å². The lowest BCUT2D eigenvalue weighted by atomic mass is 10.1. The van der Waals surface area contributed by atoms with Gasteiger partial charge in [0.15, 0.2) is 0 Å². The van der Waals surface area contributed by atoms with Crippen molar-refractivity contribution in [2.45, 2.75) is 51.8 Å². The van der Waals surface area contributed by atoms with Gasteiger partial charge in [-0.25, -0.2) is 4.98 Å². The molecule has 3 heteroatoms. The fourth-order valence-electron chi connectivity index (χ4n) is 2.21. The molecule has 3 rings (SSSR count). The Balaban J connectivity index is 1.95. The first-order chi connectivity index (χ1) is 9.51. The van der Waals surface area contributed by atoms with Crippen LogP contribution in [0, 0.1) is 0 Å². The van der Waals surface area contributed by atoms with Crippen molar-refractivity contribution in [3.63, 3.8) is 0 Å². The summed E-state index contributed by atoms with van der Waals surface area (Å²) >= 11 is 0. The molecule has 0 bridgehead atoms. The van der Waals surface area contributed by atoms with Gasteiger partial charge >= 0.3 is 0 Å². The van der Waals surface area contributed by atoms with Gasteiger partial charge in [0.05, 0.1) is 5.69 Å². The summed E-state index contributed by atoms with van der Waals surface area (Å²) in [5.41, 5.74) is 0.813. The molecule has 1 aliphatic carbocycles. The van der Waals surface area contributed by atoms with Crippen LogP contribution >= 0.6 is 0 Å². The predicted molar refractivity (Wildman–Crippen MR) is 82.0 cm³/mol. The minimum atomic E-state index is -0.238. The van der Waals surface area contributed by atoms with E-state index in [1.807, 2.05) is 6.07 Å². The second-order valence-electron chi connectivity index (χ2n) is 6.51. The van der Waals surface area contributed by atoms with Crippen LogP contribution in [0.2, 0.25) is 0 Å². The molecule has 3 nitrogen and oxygen atoms in total. The Bertz CT molecular complexity index is 612. The van der Waals surface area contributed by atoms with Gasteiger partial charge in [0.2, 0.25) is 5.88 Å². The number of fused-ring (bicyclic) bond motifs is 1. The highest BCUT2D eigenvalue weighted by Crippen LogP contribution is 2.28. The maximum absolute atomic E-state index is 6.04. The lowest BCUT2D eigenvalue weighted by molar-refractivity contribution is 0.126. The number of benzene rings is 1. The summed E-state index contributed by atoms with van der Waals surface area (Å²) in [4.78, 5) is 4.70. The van der Waals surface area contributed by atoms with Crippen LogP contribution in [0.4, 0.5) is 0 Å². The Morgan fingerprint density at radius 2 is 2.00 bits per heavy atom. The van der Waals surface area contributed by atoms with Gasteiger partial charge in [-0.05, 0) is 51.1 Å². The topological polar surface area (TPSA) is 34.1 Å². The van der Waals surface area contributed by atoms with Crippen LogP contribution in [0.5, 0.6) is 5.88 Å². The van der Waals surface area contributed by atoms with Crippen LogP contribution in [0.25, 0.3) is 10.8 Å². The molecular weight excluding hydrogens is 248 g/mol. The summed E-state index contributed by atoms with van der Waals surface area (Å²) in [6, 6.07) is 11.1. The number of rotatable bonds is 4. The fraction of sp³-hybridized carbons (Fsp3) is 0.471. The van der Waals surface area contributed by atoms with Crippen molar-refractivity contribution in [1.82, 2.24) is 10.3 Å². The Labute approximate surface area is 120 Å². The third-order valence-corrected chi connectivity index (χ3v) is 3.31. The summed E-state index contributed by atoms with van der Waals surface area (Å²) < 4.78 is 6.04. The van der Waals surface area contributed by atoms with Gasteiger partial charge in [0.25, 0.3) is 0 Å². The van der Waals surface area contributed by atoms with Crippen LogP contribution in [0.15, 0.2) is 30.3 Å². The van der Waals surface area contributed by atoms with Gasteiger partial charge in [-0.1, -0.05) is 18.2 Å². The van der Waals surface area contributed by atoms with Crippen LogP contribution in [0.1, 0.15) is 39.3 Å². The lowest BCUT2D eigenvalue weighted by Gasteiger charge is -2.22. The van der Waals surface area contributed by atoms with Crippen LogP contribution in [0.3, 0.4) is 0 Å². The monoisotopic (exact) mass is 270 g/mol. The Morgan fingerprint density at radius 3 is 2.70 bits per heavy atom. The number of ether oxygens (including phenoxy) is 1. The smallest absolute Gasteiger partial charge is 0.222 e. The molecule has 20 heavy (non-hydrogen) atoms. The zero-order chi connectivity index (χ0) is 14.2. The molecule has 1 N–H and O–H groups in total. The highest BCUT2D eigenvalue weighted by molar-refractivity contribution is 5.87. The number of aromatic nitrogens is 1. The van der Waals surface area contributed by atoms with Crippen LogP contribution in [-0.4, -0.2) is 16.6 Å². The number of pyridine rings is 1. The van der Waals surface area contributed by atoms with Crippen LogP contribution < -0.4 is 10.1 Å². The quantitative estimate of drug-likeness (QED) is 0.920. The number of hydrogen-bond donors (Lipinski definition) is 1. The maximum Gasteiger partial charge on any atom is 0.222 e. The fourth-order valence-corrected chi connectivity index (χ4v) is 2.21. The number of nitrogens with zero attached hydrogens (tertiary/aromatic N) is 1. The van der Waals surface area contributed by atoms with E-state index in [1.54, 1.807) is 0 Å². The molecule has 1 heterocycles. The zero-order valence-corrected chi connectivity index (χ0v) is 12.4. The largest absolute Gasteiger partial charge is 0.471 e. The van der Waals surface area contributed by atoms with Gasteiger partial charge < -0.3 is 10.1 Å². The average Bonchev–Trinajstić information content (AvgIpc) is 3.18. The van der Waals surface area contributed by atoms with E-state index in [1.165, 1.54) is 18.2 Å². The van der Waals surface area contributed by atoms with Crippen molar-refractivity contribution in [3.05, 3.63) is 36.0 Å². The molecule has 106 valence electrons. The zero-order valence-electron chi connectivity index (χ0n) is 12.4. The van der Waals surface area contributed by atoms with Crippen molar-refractivity contribution in [2.24, 2.45) is 0 Å². The molecule has 1 fully saturated rings. The SMILES string of the molecule is CC(C)(C)Oc1nc(CNC2CC2)cc2ccccc12. The van der Waals surface area contributed by atoms with E-state index < -0.39 is 0 Å². The maximum atomic E-state index is 6.04. The molecule has 1 aromatic heterocycles. The summed E-state index contributed by atoms with van der Waals surface area (Å²) in [5.74, 6) is 0.739. The lowest BCUT2D eigenvalue weighted by Crippen LogP contribution is -2.24. The van der Waals surface area contributed by atoms with Gasteiger partial charge in [-0.2, -0.15) is 0 Å². The van der Waals surface area contributed by atoms with E-state index in [4.69, 9.17) is 9.72 Å². The molecule has 0 aliphatic heterocycles. The van der Waals surface area contributed by atoms with E-state index in [-0.39, 0.29) is 5.60 Å². The molecule has 0 amide bonds. The Hall–Kier alpha value is -1.61. The standard InChI is InChI=1S/C17H22N2O/c1-17(2,3)20-16-15-7-5-4-6-12(15)10-14(19-16)11-18-13-8-9-13/h4-7,10,13,18H,8-9,11H2,1-3H3. The molecule has 0 spiro atoms. The second-order valence-corrected chi connectivity index (χ2v) is 6.51. The minimum Gasteiger partial charge on any atom is -0.471 e. The molecule has 0 saturated heterocycles. The molecule has 1 saturated carbocycles. The van der Waals surface area contributed by atoms with Crippen molar-refractivity contribution in [1.29, 1.82) is 0 Å². The minimum absolute atomic E-state index is 0.238. The highest BCUT2D eigenvalue weighted by atomic mass is 16.5. The molecule has 0 atom stereocenters. The molecule has 0 unspecified atom stereocenters. The van der Waals surface area contributed by atoms with Gasteiger partial charge in [0, 0.05) is 18.0 Å². The van der Waals surface area contributed by atoms with Crippen LogP contribution in [-0.2, 0) is 6.54 Å². The summed E-state index contributed by atoms with van der Waals surface area (Å²) in [6.07, 6.45) is 2.58. The molecule has 1 aliphatic rings. The Morgan fingerprint density at radius 1 is 1.25 bits per heavy atom. The van der Waals surface area contributed by atoms with Crippen molar-refractivity contribution in [2.75, 3.05) is 0 Å². The van der Waals surface area contributed by atoms with E-state index >= 15 is 0 Å². The molecule has 0 radical (unpaired) electrons. The highest BCUT2D eigenvalue weighted by Gasteiger charge is 2.21. The third-order valence-electron chi connectivity index (χ3n) is 3.31. The van der Waals surface area contributed by atoms with E-state index in [0.29, 0.717) is 6.04 Å². The van der Waals surface area contributed by atoms with Gasteiger partial charge in [-0.15, -0.1) is 0 Å². The first kappa shape index (κ1) is 13.4. The molecule has 1 aromatic carbocycles. The summed E-state index contributed by atoms with van der Waals surface area (Å²) in [6.45, 7) is 6.98. The van der Waals surface area contributed by atoms with E-state index in [2.05, 4.69) is 50.4 Å². The second kappa shape index (κ2) is 5.06. The van der Waals surface area contributed by atoms with E-state index in [9.17, 15) is 0 Å². The molecule has 2 aromatic rings. The van der Waals surface area contributed by atoms with Crippen molar-refractivity contribution in [3.8, 4) is 5.88 Å². The van der Waals surface area contributed by atoms with Gasteiger partial charge in [0.1, 0.15) is 5.60 Å². The number of hydrogen-bond acceptors (Lipinski definition) is 3. The first-order valence-corrected chi connectivity index (χ1v) is 7.32. The Kier molecular flexibility index (Phi) is 3.38. The average molecular weight is 270 g/mol. The van der Waals surface area contributed by atoms with Crippen molar-refractivity contribution < 1.29 is 4.74 Å². The molecular formula is C17H22N2O. The predicted octanol–water partition coefficient (Wildman–Crippen LogP) is 3.66. The normalized spacial score (nSPS) is 15.6. The summed E-state index contributed by atoms with van der Waals surface area (Å²) in [5, 5.41) is 5.78. The summed E-state index contributed by atoms with van der Waals surface area (Å²) in [7, 11) is 0. The van der Waals surface area contributed by atoms with Gasteiger partial charge in [-0.3, -0.25) is 0 Å². The van der Waals surface area contributed by atoms with E-state index in [0.717, 1.165) is 23.5 Å². The number of nitrogens with one attached hydrogen (secondary N) is 1. The third kappa shape index (κ3) is 3.28.